The third kappa shape index (κ3) is 5.88. The molecule has 12 aromatic rings. The maximum Gasteiger partial charge on any atom is 0.0542 e. The van der Waals surface area contributed by atoms with Gasteiger partial charge in [0.15, 0.2) is 0 Å². The fraction of sp³-hybridized carbons (Fsp3) is 0. The highest BCUT2D eigenvalue weighted by Crippen LogP contribution is 2.47. The molecule has 290 valence electrons. The number of aromatic nitrogens is 1. The monoisotopic (exact) mass is 788 g/mol. The van der Waals surface area contributed by atoms with Crippen LogP contribution in [0, 0.1) is 0 Å². The summed E-state index contributed by atoms with van der Waals surface area (Å²) in [6.45, 7) is 0. The topological polar surface area (TPSA) is 8.17 Å². The van der Waals surface area contributed by atoms with E-state index in [1.165, 1.54) is 93.2 Å². The van der Waals surface area contributed by atoms with Crippen LogP contribution in [-0.4, -0.2) is 4.57 Å². The Hall–Kier alpha value is -8.20. The molecule has 2 nitrogen and oxygen atoms in total. The van der Waals surface area contributed by atoms with E-state index in [1.54, 1.807) is 0 Å². The SMILES string of the molecule is c1ccc(-c2ccc(N(c3ccc4c(c3)c(-c3ccccc3)c(-c3ccccc3)c3ccccc34)c3ccc4c(c3)c3ccccc3n4-c3cccc4ccccc34)cc2)cc1. The second-order valence-corrected chi connectivity index (χ2v) is 16.1. The maximum atomic E-state index is 2.44. The highest BCUT2D eigenvalue weighted by Gasteiger charge is 2.22. The third-order valence-electron chi connectivity index (χ3n) is 12.5. The number of hydrogen-bond acceptors (Lipinski definition) is 1. The Morgan fingerprint density at radius 2 is 0.726 bits per heavy atom. The second kappa shape index (κ2) is 14.8. The molecule has 0 amide bonds. The first-order valence-electron chi connectivity index (χ1n) is 21.3. The van der Waals surface area contributed by atoms with E-state index in [4.69, 9.17) is 0 Å². The van der Waals surface area contributed by atoms with Gasteiger partial charge in [-0.3, -0.25) is 0 Å². The predicted octanol–water partition coefficient (Wildman–Crippen LogP) is 16.7. The van der Waals surface area contributed by atoms with Crippen LogP contribution < -0.4 is 4.90 Å². The molecule has 12 rings (SSSR count). The third-order valence-corrected chi connectivity index (χ3v) is 12.5. The highest BCUT2D eigenvalue weighted by atomic mass is 15.1. The minimum Gasteiger partial charge on any atom is -0.310 e. The van der Waals surface area contributed by atoms with Crippen molar-refractivity contribution in [2.45, 2.75) is 0 Å². The van der Waals surface area contributed by atoms with Gasteiger partial charge in [-0.2, -0.15) is 0 Å². The second-order valence-electron chi connectivity index (χ2n) is 16.1. The molecule has 11 aromatic carbocycles. The quantitative estimate of drug-likeness (QED) is 0.146. The fourth-order valence-corrected chi connectivity index (χ4v) is 9.77. The number of benzene rings is 11. The van der Waals surface area contributed by atoms with Crippen LogP contribution in [0.3, 0.4) is 0 Å². The van der Waals surface area contributed by atoms with Gasteiger partial charge < -0.3 is 9.47 Å². The minimum atomic E-state index is 1.09. The molecule has 62 heavy (non-hydrogen) atoms. The van der Waals surface area contributed by atoms with Gasteiger partial charge in [-0.1, -0.05) is 188 Å². The number of anilines is 3. The smallest absolute Gasteiger partial charge is 0.0542 e. The summed E-state index contributed by atoms with van der Waals surface area (Å²) < 4.78 is 2.44. The molecule has 0 spiro atoms. The van der Waals surface area contributed by atoms with E-state index in [2.05, 4.69) is 252 Å². The Bertz CT molecular complexity index is 3600. The van der Waals surface area contributed by atoms with Gasteiger partial charge in [0.2, 0.25) is 0 Å². The van der Waals surface area contributed by atoms with E-state index < -0.39 is 0 Å². The van der Waals surface area contributed by atoms with Crippen molar-refractivity contribution in [3.05, 3.63) is 243 Å². The van der Waals surface area contributed by atoms with Crippen molar-refractivity contribution in [1.82, 2.24) is 4.57 Å². The predicted molar refractivity (Wildman–Crippen MR) is 264 cm³/mol. The van der Waals surface area contributed by atoms with Gasteiger partial charge in [0.1, 0.15) is 0 Å². The summed E-state index contributed by atoms with van der Waals surface area (Å²) in [6, 6.07) is 88.5. The zero-order valence-electron chi connectivity index (χ0n) is 34.0. The Balaban J connectivity index is 1.13. The molecule has 0 saturated heterocycles. The van der Waals surface area contributed by atoms with E-state index in [1.807, 2.05) is 0 Å². The van der Waals surface area contributed by atoms with Gasteiger partial charge in [-0.05, 0) is 115 Å². The van der Waals surface area contributed by atoms with Crippen LogP contribution in [-0.2, 0) is 0 Å². The van der Waals surface area contributed by atoms with Crippen LogP contribution in [0.25, 0.3) is 93.2 Å². The largest absolute Gasteiger partial charge is 0.310 e. The lowest BCUT2D eigenvalue weighted by molar-refractivity contribution is 1.20. The molecule has 0 aliphatic heterocycles. The minimum absolute atomic E-state index is 1.09. The number of rotatable bonds is 7. The van der Waals surface area contributed by atoms with Gasteiger partial charge in [0.05, 0.1) is 16.7 Å². The molecule has 1 aromatic heterocycles. The molecule has 1 heterocycles. The van der Waals surface area contributed by atoms with Crippen molar-refractivity contribution in [1.29, 1.82) is 0 Å². The molecule has 0 aliphatic carbocycles. The molecule has 0 bridgehead atoms. The van der Waals surface area contributed by atoms with Crippen molar-refractivity contribution in [3.63, 3.8) is 0 Å². The molecular weight excluding hydrogens is 749 g/mol. The van der Waals surface area contributed by atoms with Gasteiger partial charge in [0.25, 0.3) is 0 Å². The average molecular weight is 789 g/mol. The summed E-state index contributed by atoms with van der Waals surface area (Å²) >= 11 is 0. The van der Waals surface area contributed by atoms with Crippen molar-refractivity contribution >= 4 is 71.2 Å². The Labute approximate surface area is 360 Å². The summed E-state index contributed by atoms with van der Waals surface area (Å²) in [5, 5.41) is 9.83. The van der Waals surface area contributed by atoms with E-state index in [0.717, 1.165) is 17.1 Å². The lowest BCUT2D eigenvalue weighted by Crippen LogP contribution is -2.10. The lowest BCUT2D eigenvalue weighted by Gasteiger charge is -2.27. The van der Waals surface area contributed by atoms with Crippen LogP contribution in [0.5, 0.6) is 0 Å². The normalized spacial score (nSPS) is 11.5. The number of fused-ring (bicyclic) bond motifs is 7. The van der Waals surface area contributed by atoms with Crippen molar-refractivity contribution in [3.8, 4) is 39.1 Å². The summed E-state index contributed by atoms with van der Waals surface area (Å²) in [7, 11) is 0. The number of para-hydroxylation sites is 1. The Morgan fingerprint density at radius 1 is 0.258 bits per heavy atom. The number of hydrogen-bond donors (Lipinski definition) is 0. The molecule has 0 saturated carbocycles. The Morgan fingerprint density at radius 3 is 1.44 bits per heavy atom. The molecule has 2 heteroatoms. The summed E-state index contributed by atoms with van der Waals surface area (Å²) in [6.07, 6.45) is 0. The standard InChI is InChI=1S/C60H40N2/c1-4-17-41(18-5-1)42-31-33-46(34-32-42)61(48-36-38-58-54(39-48)52-27-14-15-29-57(52)62(58)56-30-16-24-43-19-10-11-25-49(43)56)47-35-37-51-50-26-12-13-28-53(50)59(44-20-6-2-7-21-44)60(55(51)40-47)45-22-8-3-9-23-45/h1-40H. The van der Waals surface area contributed by atoms with Crippen molar-refractivity contribution in [2.24, 2.45) is 0 Å². The van der Waals surface area contributed by atoms with E-state index in [0.29, 0.717) is 0 Å². The van der Waals surface area contributed by atoms with Crippen LogP contribution in [0.2, 0.25) is 0 Å². The van der Waals surface area contributed by atoms with Gasteiger partial charge in [0, 0.05) is 33.2 Å². The van der Waals surface area contributed by atoms with Crippen LogP contribution in [0.1, 0.15) is 0 Å². The highest BCUT2D eigenvalue weighted by molar-refractivity contribution is 6.22. The number of nitrogens with zero attached hydrogens (tertiary/aromatic N) is 2. The van der Waals surface area contributed by atoms with Crippen LogP contribution in [0.15, 0.2) is 243 Å². The molecule has 0 aliphatic rings. The van der Waals surface area contributed by atoms with Crippen molar-refractivity contribution in [2.75, 3.05) is 4.90 Å². The molecule has 0 atom stereocenters. The Kier molecular flexibility index (Phi) is 8.53. The average Bonchev–Trinajstić information content (AvgIpc) is 3.68. The van der Waals surface area contributed by atoms with Gasteiger partial charge in [-0.25, -0.2) is 0 Å². The zero-order valence-corrected chi connectivity index (χ0v) is 34.0. The molecule has 0 radical (unpaired) electrons. The molecule has 0 fully saturated rings. The molecule has 0 N–H and O–H groups in total. The van der Waals surface area contributed by atoms with Crippen LogP contribution in [0.4, 0.5) is 17.1 Å². The zero-order chi connectivity index (χ0) is 41.0. The van der Waals surface area contributed by atoms with Crippen LogP contribution >= 0.6 is 0 Å². The van der Waals surface area contributed by atoms with E-state index in [9.17, 15) is 0 Å². The van der Waals surface area contributed by atoms with Crippen molar-refractivity contribution < 1.29 is 0 Å². The van der Waals surface area contributed by atoms with E-state index in [-0.39, 0.29) is 0 Å². The first-order chi connectivity index (χ1) is 30.8. The summed E-state index contributed by atoms with van der Waals surface area (Å²) in [5.74, 6) is 0. The maximum absolute atomic E-state index is 2.44. The summed E-state index contributed by atoms with van der Waals surface area (Å²) in [5.41, 5.74) is 14.1. The van der Waals surface area contributed by atoms with Gasteiger partial charge in [-0.15, -0.1) is 0 Å². The summed E-state index contributed by atoms with van der Waals surface area (Å²) in [4.78, 5) is 2.43. The molecule has 0 unspecified atom stereocenters. The fourth-order valence-electron chi connectivity index (χ4n) is 9.77. The molecular formula is C60H40N2. The van der Waals surface area contributed by atoms with Gasteiger partial charge >= 0.3 is 0 Å². The first kappa shape index (κ1) is 35.7. The first-order valence-corrected chi connectivity index (χ1v) is 21.3. The van der Waals surface area contributed by atoms with E-state index >= 15 is 0 Å². The lowest BCUT2D eigenvalue weighted by atomic mass is 9.85.